The molecule has 2 N–H and O–H groups in total. The lowest BCUT2D eigenvalue weighted by Gasteiger charge is -2.19. The predicted molar refractivity (Wildman–Crippen MR) is 120 cm³/mol. The molecular formula is C22H22N4O8. The van der Waals surface area contributed by atoms with Crippen LogP contribution in [-0.4, -0.2) is 48.9 Å². The van der Waals surface area contributed by atoms with Gasteiger partial charge in [0.25, 0.3) is 11.6 Å². The van der Waals surface area contributed by atoms with E-state index in [4.69, 9.17) is 9.47 Å². The molecule has 1 saturated heterocycles. The molecule has 3 amide bonds. The van der Waals surface area contributed by atoms with Gasteiger partial charge >= 0.3 is 5.97 Å². The van der Waals surface area contributed by atoms with Crippen molar-refractivity contribution in [2.45, 2.75) is 13.3 Å². The average Bonchev–Trinajstić information content (AvgIpc) is 3.19. The second kappa shape index (κ2) is 10.4. The van der Waals surface area contributed by atoms with Crippen molar-refractivity contribution in [3.8, 4) is 5.75 Å². The van der Waals surface area contributed by atoms with Gasteiger partial charge < -0.3 is 25.0 Å². The minimum atomic E-state index is -0.808. The van der Waals surface area contributed by atoms with E-state index < -0.39 is 29.3 Å². The van der Waals surface area contributed by atoms with Gasteiger partial charge in [0.2, 0.25) is 11.8 Å². The second-order valence-corrected chi connectivity index (χ2v) is 7.43. The fourth-order valence-corrected chi connectivity index (χ4v) is 3.39. The summed E-state index contributed by atoms with van der Waals surface area (Å²) >= 11 is 0. The van der Waals surface area contributed by atoms with E-state index in [1.54, 1.807) is 24.3 Å². The number of nitro groups is 1. The number of hydrogen-bond acceptors (Lipinski definition) is 8. The number of nitrogens with one attached hydrogen (secondary N) is 2. The maximum Gasteiger partial charge on any atom is 0.311 e. The zero-order valence-electron chi connectivity index (χ0n) is 18.4. The molecular weight excluding hydrogens is 448 g/mol. The number of methoxy groups -OCH3 is 1. The number of carbonyl (C=O) groups is 4. The molecule has 1 heterocycles. The number of hydrogen-bond donors (Lipinski definition) is 2. The fraction of sp³-hybridized carbons (Fsp3) is 0.273. The SMILES string of the molecule is COc1cc([N+](=O)[O-])ccc1N1C[C@@H](C(=O)OCC(=O)Nc2ccc(NC(C)=O)cc2)CC1=O. The first-order valence-electron chi connectivity index (χ1n) is 10.1. The van der Waals surface area contributed by atoms with E-state index in [2.05, 4.69) is 10.6 Å². The van der Waals surface area contributed by atoms with Crippen molar-refractivity contribution in [3.63, 3.8) is 0 Å². The van der Waals surface area contributed by atoms with Crippen LogP contribution in [0.5, 0.6) is 5.75 Å². The summed E-state index contributed by atoms with van der Waals surface area (Å²) in [5, 5.41) is 16.1. The molecule has 0 unspecified atom stereocenters. The Morgan fingerprint density at radius 3 is 2.35 bits per heavy atom. The smallest absolute Gasteiger partial charge is 0.311 e. The molecule has 0 saturated carbocycles. The standard InChI is InChI=1S/C22H22N4O8/c1-13(27)23-15-3-5-16(6-4-15)24-20(28)12-34-22(30)14-9-21(29)25(11-14)18-8-7-17(26(31)32)10-19(18)33-2/h3-8,10,14H,9,11-12H2,1-2H3,(H,23,27)(H,24,28)/t14-/m0/s1. The Hall–Kier alpha value is -4.48. The zero-order valence-corrected chi connectivity index (χ0v) is 18.4. The largest absolute Gasteiger partial charge is 0.494 e. The summed E-state index contributed by atoms with van der Waals surface area (Å²) < 4.78 is 10.2. The highest BCUT2D eigenvalue weighted by molar-refractivity contribution is 6.01. The van der Waals surface area contributed by atoms with Crippen LogP contribution in [0.2, 0.25) is 0 Å². The van der Waals surface area contributed by atoms with E-state index in [1.807, 2.05) is 0 Å². The molecule has 34 heavy (non-hydrogen) atoms. The van der Waals surface area contributed by atoms with Crippen molar-refractivity contribution in [2.75, 3.05) is 35.8 Å². The first-order valence-corrected chi connectivity index (χ1v) is 10.1. The summed E-state index contributed by atoms with van der Waals surface area (Å²) in [6.45, 7) is 0.819. The molecule has 1 atom stereocenters. The van der Waals surface area contributed by atoms with Crippen LogP contribution in [0.25, 0.3) is 0 Å². The third-order valence-electron chi connectivity index (χ3n) is 4.96. The zero-order chi connectivity index (χ0) is 24.8. The third kappa shape index (κ3) is 5.85. The Balaban J connectivity index is 1.55. The lowest BCUT2D eigenvalue weighted by atomic mass is 10.1. The summed E-state index contributed by atoms with van der Waals surface area (Å²) in [6, 6.07) is 10.2. The molecule has 12 nitrogen and oxygen atoms in total. The van der Waals surface area contributed by atoms with Crippen molar-refractivity contribution in [2.24, 2.45) is 5.92 Å². The van der Waals surface area contributed by atoms with Gasteiger partial charge in [-0.15, -0.1) is 0 Å². The van der Waals surface area contributed by atoms with Crippen LogP contribution in [0.3, 0.4) is 0 Å². The van der Waals surface area contributed by atoms with E-state index >= 15 is 0 Å². The number of amides is 3. The summed E-state index contributed by atoms with van der Waals surface area (Å²) in [4.78, 5) is 59.7. The van der Waals surface area contributed by atoms with Crippen LogP contribution in [0.1, 0.15) is 13.3 Å². The molecule has 178 valence electrons. The summed E-state index contributed by atoms with van der Waals surface area (Å²) in [5.41, 5.74) is 1.12. The lowest BCUT2D eigenvalue weighted by molar-refractivity contribution is -0.384. The van der Waals surface area contributed by atoms with Crippen LogP contribution in [0.15, 0.2) is 42.5 Å². The number of nitrogens with zero attached hydrogens (tertiary/aromatic N) is 2. The van der Waals surface area contributed by atoms with Crippen molar-refractivity contribution in [1.82, 2.24) is 0 Å². The number of esters is 1. The van der Waals surface area contributed by atoms with Crippen molar-refractivity contribution >= 4 is 46.4 Å². The molecule has 1 fully saturated rings. The Morgan fingerprint density at radius 1 is 1.12 bits per heavy atom. The Bertz CT molecular complexity index is 1130. The van der Waals surface area contributed by atoms with Gasteiger partial charge in [0.1, 0.15) is 5.75 Å². The minimum absolute atomic E-state index is 0.0158. The number of non-ortho nitro benzene ring substituents is 1. The number of carbonyl (C=O) groups excluding carboxylic acids is 4. The maximum atomic E-state index is 12.5. The number of benzene rings is 2. The number of ether oxygens (including phenoxy) is 2. The molecule has 2 aromatic carbocycles. The van der Waals surface area contributed by atoms with E-state index in [1.165, 1.54) is 37.1 Å². The first kappa shape index (κ1) is 24.2. The molecule has 1 aliphatic rings. The van der Waals surface area contributed by atoms with Crippen LogP contribution >= 0.6 is 0 Å². The van der Waals surface area contributed by atoms with Crippen LogP contribution < -0.4 is 20.3 Å². The normalized spacial score (nSPS) is 14.9. The third-order valence-corrected chi connectivity index (χ3v) is 4.96. The average molecular weight is 470 g/mol. The van der Waals surface area contributed by atoms with Crippen molar-refractivity contribution in [1.29, 1.82) is 0 Å². The van der Waals surface area contributed by atoms with E-state index in [9.17, 15) is 29.3 Å². The molecule has 0 aliphatic carbocycles. The van der Waals surface area contributed by atoms with Gasteiger partial charge in [-0.2, -0.15) is 0 Å². The topological polar surface area (TPSA) is 157 Å². The van der Waals surface area contributed by atoms with Crippen molar-refractivity contribution in [3.05, 3.63) is 52.6 Å². The lowest BCUT2D eigenvalue weighted by Crippen LogP contribution is -2.28. The molecule has 2 aromatic rings. The second-order valence-electron chi connectivity index (χ2n) is 7.43. The maximum absolute atomic E-state index is 12.5. The van der Waals surface area contributed by atoms with Gasteiger partial charge in [0.05, 0.1) is 29.7 Å². The Labute approximate surface area is 194 Å². The van der Waals surface area contributed by atoms with E-state index in [0.717, 1.165) is 0 Å². The van der Waals surface area contributed by atoms with Crippen LogP contribution in [0, 0.1) is 16.0 Å². The summed E-state index contributed by atoms with van der Waals surface area (Å²) in [7, 11) is 1.32. The number of nitro benzene ring substituents is 1. The van der Waals surface area contributed by atoms with Crippen molar-refractivity contribution < 1.29 is 33.6 Å². The van der Waals surface area contributed by atoms with Gasteiger partial charge in [-0.3, -0.25) is 29.3 Å². The molecule has 0 bridgehead atoms. The van der Waals surface area contributed by atoms with E-state index in [-0.39, 0.29) is 36.2 Å². The van der Waals surface area contributed by atoms with E-state index in [0.29, 0.717) is 17.1 Å². The van der Waals surface area contributed by atoms with Gasteiger partial charge in [0, 0.05) is 37.3 Å². The molecule has 1 aliphatic heterocycles. The summed E-state index contributed by atoms with van der Waals surface area (Å²) in [5.74, 6) is -2.57. The molecule has 3 rings (SSSR count). The Kier molecular flexibility index (Phi) is 7.41. The molecule has 0 spiro atoms. The molecule has 0 aromatic heterocycles. The van der Waals surface area contributed by atoms with Gasteiger partial charge in [-0.1, -0.05) is 0 Å². The fourth-order valence-electron chi connectivity index (χ4n) is 3.39. The summed E-state index contributed by atoms with van der Waals surface area (Å²) in [6.07, 6.45) is -0.134. The van der Waals surface area contributed by atoms with Crippen LogP contribution in [0.4, 0.5) is 22.7 Å². The highest BCUT2D eigenvalue weighted by Gasteiger charge is 2.37. The monoisotopic (exact) mass is 470 g/mol. The number of rotatable bonds is 8. The highest BCUT2D eigenvalue weighted by Crippen LogP contribution is 2.36. The van der Waals surface area contributed by atoms with Gasteiger partial charge in [-0.25, -0.2) is 0 Å². The Morgan fingerprint density at radius 2 is 1.76 bits per heavy atom. The first-order chi connectivity index (χ1) is 16.2. The highest BCUT2D eigenvalue weighted by atomic mass is 16.6. The van der Waals surface area contributed by atoms with Gasteiger partial charge in [-0.05, 0) is 30.3 Å². The quantitative estimate of drug-likeness (QED) is 0.337. The minimum Gasteiger partial charge on any atom is -0.494 e. The van der Waals surface area contributed by atoms with Gasteiger partial charge in [0.15, 0.2) is 6.61 Å². The predicted octanol–water partition coefficient (Wildman–Crippen LogP) is 2.10. The van der Waals surface area contributed by atoms with Crippen LogP contribution in [-0.2, 0) is 23.9 Å². The number of anilines is 3. The molecule has 0 radical (unpaired) electrons. The molecule has 12 heteroatoms.